The Bertz CT molecular complexity index is 763. The zero-order chi connectivity index (χ0) is 20.4. The van der Waals surface area contributed by atoms with E-state index in [0.717, 1.165) is 44.0 Å². The van der Waals surface area contributed by atoms with Gasteiger partial charge in [-0.3, -0.25) is 14.5 Å². The van der Waals surface area contributed by atoms with Crippen LogP contribution in [0.25, 0.3) is 6.08 Å². The molecule has 0 spiro atoms. The van der Waals surface area contributed by atoms with Crippen LogP contribution in [0, 0.1) is 5.92 Å². The third kappa shape index (κ3) is 4.92. The third-order valence-electron chi connectivity index (χ3n) is 6.68. The SMILES string of the molecule is C[C@@H]1C[C@@H]1c1ccc(/C=C\C(=O)N2CCN(CC(=O)N3CCCC[C@H]3C)CC2)o1. The molecule has 2 aliphatic heterocycles. The first-order valence-electron chi connectivity index (χ1n) is 11.1. The fourth-order valence-corrected chi connectivity index (χ4v) is 4.51. The van der Waals surface area contributed by atoms with E-state index < -0.39 is 0 Å². The number of rotatable bonds is 5. The molecule has 3 fully saturated rings. The molecule has 29 heavy (non-hydrogen) atoms. The lowest BCUT2D eigenvalue weighted by atomic mass is 10.0. The molecule has 1 aliphatic carbocycles. The molecular weight excluding hydrogens is 366 g/mol. The van der Waals surface area contributed by atoms with Crippen molar-refractivity contribution in [2.75, 3.05) is 39.3 Å². The fraction of sp³-hybridized carbons (Fsp3) is 0.652. The predicted molar refractivity (Wildman–Crippen MR) is 112 cm³/mol. The van der Waals surface area contributed by atoms with Crippen molar-refractivity contribution in [3.63, 3.8) is 0 Å². The van der Waals surface area contributed by atoms with Gasteiger partial charge < -0.3 is 14.2 Å². The number of amides is 2. The van der Waals surface area contributed by atoms with Gasteiger partial charge in [-0.05, 0) is 56.7 Å². The summed E-state index contributed by atoms with van der Waals surface area (Å²) in [5.74, 6) is 3.28. The van der Waals surface area contributed by atoms with Gasteiger partial charge in [-0.2, -0.15) is 0 Å². The number of carbonyl (C=O) groups is 2. The van der Waals surface area contributed by atoms with Gasteiger partial charge in [-0.1, -0.05) is 6.92 Å². The third-order valence-corrected chi connectivity index (χ3v) is 6.68. The van der Waals surface area contributed by atoms with Crippen molar-refractivity contribution in [2.45, 2.75) is 51.5 Å². The van der Waals surface area contributed by atoms with E-state index in [9.17, 15) is 9.59 Å². The number of carbonyl (C=O) groups excluding carboxylic acids is 2. The average molecular weight is 400 g/mol. The molecule has 1 aromatic heterocycles. The first kappa shape index (κ1) is 20.2. The minimum absolute atomic E-state index is 0.0124. The zero-order valence-electron chi connectivity index (χ0n) is 17.7. The second kappa shape index (κ2) is 8.74. The first-order valence-corrected chi connectivity index (χ1v) is 11.1. The molecule has 6 heteroatoms. The molecule has 2 saturated heterocycles. The van der Waals surface area contributed by atoms with E-state index in [4.69, 9.17) is 4.42 Å². The van der Waals surface area contributed by atoms with Crippen LogP contribution in [0.15, 0.2) is 22.6 Å². The molecule has 0 unspecified atom stereocenters. The number of piperazine rings is 1. The van der Waals surface area contributed by atoms with Gasteiger partial charge in [-0.15, -0.1) is 0 Å². The standard InChI is InChI=1S/C23H33N3O3/c1-17-15-20(17)21-8-6-19(29-21)7-9-22(27)25-13-11-24(12-14-25)16-23(28)26-10-4-3-5-18(26)2/h6-9,17-18,20H,3-5,10-16H2,1-2H3/b9-7-/t17-,18-,20+/m1/s1. The topological polar surface area (TPSA) is 57.0 Å². The van der Waals surface area contributed by atoms with Gasteiger partial charge >= 0.3 is 0 Å². The molecule has 0 aromatic carbocycles. The smallest absolute Gasteiger partial charge is 0.246 e. The van der Waals surface area contributed by atoms with E-state index in [1.807, 2.05) is 21.9 Å². The fourth-order valence-electron chi connectivity index (χ4n) is 4.51. The molecule has 0 radical (unpaired) electrons. The molecular formula is C23H33N3O3. The highest BCUT2D eigenvalue weighted by molar-refractivity contribution is 5.91. The van der Waals surface area contributed by atoms with Crippen LogP contribution in [-0.2, 0) is 9.59 Å². The molecule has 4 rings (SSSR count). The maximum absolute atomic E-state index is 12.6. The lowest BCUT2D eigenvalue weighted by Crippen LogP contribution is -2.52. The summed E-state index contributed by atoms with van der Waals surface area (Å²) in [5.41, 5.74) is 0. The van der Waals surface area contributed by atoms with E-state index in [2.05, 4.69) is 18.7 Å². The minimum atomic E-state index is 0.0124. The van der Waals surface area contributed by atoms with Gasteiger partial charge in [0.15, 0.2) is 0 Å². The van der Waals surface area contributed by atoms with Crippen LogP contribution in [-0.4, -0.2) is 71.8 Å². The number of furan rings is 1. The van der Waals surface area contributed by atoms with Crippen LogP contribution < -0.4 is 0 Å². The van der Waals surface area contributed by atoms with Gasteiger partial charge in [-0.25, -0.2) is 0 Å². The van der Waals surface area contributed by atoms with Crippen LogP contribution in [0.5, 0.6) is 0 Å². The van der Waals surface area contributed by atoms with E-state index in [1.54, 1.807) is 12.2 Å². The molecule has 3 aliphatic rings. The molecule has 1 saturated carbocycles. The van der Waals surface area contributed by atoms with Crippen molar-refractivity contribution in [1.82, 2.24) is 14.7 Å². The van der Waals surface area contributed by atoms with Gasteiger partial charge in [0, 0.05) is 50.8 Å². The normalized spacial score (nSPS) is 28.1. The Hall–Kier alpha value is -2.08. The Labute approximate surface area is 173 Å². The van der Waals surface area contributed by atoms with Crippen molar-refractivity contribution >= 4 is 17.9 Å². The van der Waals surface area contributed by atoms with Crippen molar-refractivity contribution in [3.05, 3.63) is 29.7 Å². The molecule has 3 atom stereocenters. The summed E-state index contributed by atoms with van der Waals surface area (Å²) >= 11 is 0. The molecule has 3 heterocycles. The number of hydrogen-bond acceptors (Lipinski definition) is 4. The summed E-state index contributed by atoms with van der Waals surface area (Å²) < 4.78 is 5.83. The highest BCUT2D eigenvalue weighted by Gasteiger charge is 2.36. The second-order valence-corrected chi connectivity index (χ2v) is 8.93. The van der Waals surface area contributed by atoms with Gasteiger partial charge in [0.2, 0.25) is 11.8 Å². The average Bonchev–Trinajstić information content (AvgIpc) is 3.26. The summed E-state index contributed by atoms with van der Waals surface area (Å²) in [7, 11) is 0. The molecule has 6 nitrogen and oxygen atoms in total. The van der Waals surface area contributed by atoms with Crippen molar-refractivity contribution in [3.8, 4) is 0 Å². The Morgan fingerprint density at radius 1 is 1.10 bits per heavy atom. The van der Waals surface area contributed by atoms with Crippen molar-refractivity contribution < 1.29 is 14.0 Å². The molecule has 0 N–H and O–H groups in total. The molecule has 0 bridgehead atoms. The summed E-state index contributed by atoms with van der Waals surface area (Å²) in [6, 6.07) is 4.32. The van der Waals surface area contributed by atoms with Crippen LogP contribution in [0.2, 0.25) is 0 Å². The first-order chi connectivity index (χ1) is 14.0. The van der Waals surface area contributed by atoms with Gasteiger partial charge in [0.1, 0.15) is 11.5 Å². The predicted octanol–water partition coefficient (Wildman–Crippen LogP) is 2.96. The van der Waals surface area contributed by atoms with E-state index in [0.29, 0.717) is 37.5 Å². The molecule has 1 aromatic rings. The molecule has 2 amide bonds. The summed E-state index contributed by atoms with van der Waals surface area (Å²) in [5, 5.41) is 0. The monoisotopic (exact) mass is 399 g/mol. The number of likely N-dealkylation sites (tertiary alicyclic amines) is 1. The van der Waals surface area contributed by atoms with Gasteiger partial charge in [0.05, 0.1) is 6.54 Å². The highest BCUT2D eigenvalue weighted by Crippen LogP contribution is 2.47. The van der Waals surface area contributed by atoms with Gasteiger partial charge in [0.25, 0.3) is 0 Å². The quantitative estimate of drug-likeness (QED) is 0.715. The van der Waals surface area contributed by atoms with Crippen LogP contribution in [0.4, 0.5) is 0 Å². The lowest BCUT2D eigenvalue weighted by Gasteiger charge is -2.37. The van der Waals surface area contributed by atoms with Crippen LogP contribution in [0.1, 0.15) is 57.0 Å². The zero-order valence-corrected chi connectivity index (χ0v) is 17.7. The van der Waals surface area contributed by atoms with E-state index in [-0.39, 0.29) is 11.8 Å². The van der Waals surface area contributed by atoms with Crippen LogP contribution in [0.3, 0.4) is 0 Å². The van der Waals surface area contributed by atoms with Crippen LogP contribution >= 0.6 is 0 Å². The maximum atomic E-state index is 12.6. The highest BCUT2D eigenvalue weighted by atomic mass is 16.3. The summed E-state index contributed by atoms with van der Waals surface area (Å²) in [6.07, 6.45) is 8.01. The lowest BCUT2D eigenvalue weighted by molar-refractivity contribution is -0.136. The Morgan fingerprint density at radius 3 is 2.55 bits per heavy atom. The molecule has 158 valence electrons. The maximum Gasteiger partial charge on any atom is 0.246 e. The summed E-state index contributed by atoms with van der Waals surface area (Å²) in [4.78, 5) is 31.2. The van der Waals surface area contributed by atoms with E-state index in [1.165, 1.54) is 12.8 Å². The van der Waals surface area contributed by atoms with E-state index >= 15 is 0 Å². The Kier molecular flexibility index (Phi) is 6.09. The minimum Gasteiger partial charge on any atom is -0.461 e. The van der Waals surface area contributed by atoms with Crippen molar-refractivity contribution in [2.24, 2.45) is 5.92 Å². The Balaban J connectivity index is 1.22. The largest absolute Gasteiger partial charge is 0.461 e. The number of nitrogens with zero attached hydrogens (tertiary/aromatic N) is 3. The summed E-state index contributed by atoms with van der Waals surface area (Å²) in [6.45, 7) is 8.55. The number of hydrogen-bond donors (Lipinski definition) is 0. The Morgan fingerprint density at radius 2 is 1.86 bits per heavy atom. The second-order valence-electron chi connectivity index (χ2n) is 8.93. The number of piperidine rings is 1. The van der Waals surface area contributed by atoms with Crippen molar-refractivity contribution in [1.29, 1.82) is 0 Å².